The van der Waals surface area contributed by atoms with Gasteiger partial charge in [0.2, 0.25) is 5.91 Å². The molecule has 4 amide bonds. The Labute approximate surface area is 150 Å². The standard InChI is InChI=1S/C18H19N5O3/c1-12(14-7-9-19-11-20-14)22(2)17(25)13-5-3-4-6-15(13)23-10-8-16(24)21-18(23)26/h3-7,9,11-12H,8,10H2,1-2H3,(H,21,24,26)/t12-/m1/s1. The van der Waals surface area contributed by atoms with Crippen molar-refractivity contribution in [1.29, 1.82) is 0 Å². The quantitative estimate of drug-likeness (QED) is 0.903. The minimum Gasteiger partial charge on any atom is -0.333 e. The van der Waals surface area contributed by atoms with Gasteiger partial charge in [0, 0.05) is 26.2 Å². The summed E-state index contributed by atoms with van der Waals surface area (Å²) in [4.78, 5) is 47.6. The zero-order valence-electron chi connectivity index (χ0n) is 14.5. The van der Waals surface area contributed by atoms with Gasteiger partial charge < -0.3 is 4.90 Å². The van der Waals surface area contributed by atoms with Crippen molar-refractivity contribution in [1.82, 2.24) is 20.2 Å². The Morgan fingerprint density at radius 2 is 2.04 bits per heavy atom. The molecule has 1 fully saturated rings. The van der Waals surface area contributed by atoms with Crippen molar-refractivity contribution in [2.24, 2.45) is 0 Å². The van der Waals surface area contributed by atoms with Crippen LogP contribution in [0.4, 0.5) is 10.5 Å². The number of imide groups is 1. The first-order valence-electron chi connectivity index (χ1n) is 8.22. The first-order valence-corrected chi connectivity index (χ1v) is 8.22. The van der Waals surface area contributed by atoms with Crippen molar-refractivity contribution in [3.05, 3.63) is 54.1 Å². The van der Waals surface area contributed by atoms with E-state index in [1.807, 2.05) is 6.92 Å². The van der Waals surface area contributed by atoms with E-state index >= 15 is 0 Å². The average Bonchev–Trinajstić information content (AvgIpc) is 2.67. The minimum absolute atomic E-state index is 0.196. The van der Waals surface area contributed by atoms with Crippen LogP contribution in [0.25, 0.3) is 0 Å². The Bertz CT molecular complexity index is 840. The lowest BCUT2D eigenvalue weighted by Crippen LogP contribution is -2.50. The van der Waals surface area contributed by atoms with Gasteiger partial charge in [-0.2, -0.15) is 0 Å². The van der Waals surface area contributed by atoms with E-state index in [-0.39, 0.29) is 30.8 Å². The number of carbonyl (C=O) groups is 3. The molecule has 8 heteroatoms. The number of hydrogen-bond donors (Lipinski definition) is 1. The van der Waals surface area contributed by atoms with Crippen LogP contribution >= 0.6 is 0 Å². The number of aromatic nitrogens is 2. The second kappa shape index (κ2) is 7.30. The first-order chi connectivity index (χ1) is 12.5. The predicted molar refractivity (Wildman–Crippen MR) is 94.5 cm³/mol. The number of benzene rings is 1. The summed E-state index contributed by atoms with van der Waals surface area (Å²) in [6.45, 7) is 2.11. The molecule has 134 valence electrons. The molecule has 8 nitrogen and oxygen atoms in total. The highest BCUT2D eigenvalue weighted by Crippen LogP contribution is 2.26. The molecule has 1 aliphatic rings. The largest absolute Gasteiger partial charge is 0.333 e. The Kier molecular flexibility index (Phi) is 4.92. The molecule has 0 spiro atoms. The Hall–Kier alpha value is -3.29. The highest BCUT2D eigenvalue weighted by atomic mass is 16.2. The molecule has 0 saturated carbocycles. The average molecular weight is 353 g/mol. The lowest BCUT2D eigenvalue weighted by atomic mass is 10.1. The fourth-order valence-corrected chi connectivity index (χ4v) is 2.80. The summed E-state index contributed by atoms with van der Waals surface area (Å²) < 4.78 is 0. The molecule has 0 radical (unpaired) electrons. The Morgan fingerprint density at radius 3 is 2.73 bits per heavy atom. The zero-order valence-corrected chi connectivity index (χ0v) is 14.5. The summed E-state index contributed by atoms with van der Waals surface area (Å²) in [6.07, 6.45) is 3.26. The summed E-state index contributed by atoms with van der Waals surface area (Å²) in [5.41, 5.74) is 1.58. The number of nitrogens with one attached hydrogen (secondary N) is 1. The molecule has 1 atom stereocenters. The molecule has 26 heavy (non-hydrogen) atoms. The first kappa shape index (κ1) is 17.5. The molecular weight excluding hydrogens is 334 g/mol. The highest BCUT2D eigenvalue weighted by Gasteiger charge is 2.29. The van der Waals surface area contributed by atoms with Gasteiger partial charge in [-0.15, -0.1) is 0 Å². The maximum absolute atomic E-state index is 13.1. The monoisotopic (exact) mass is 353 g/mol. The Morgan fingerprint density at radius 1 is 1.27 bits per heavy atom. The van der Waals surface area contributed by atoms with Crippen molar-refractivity contribution in [2.45, 2.75) is 19.4 Å². The van der Waals surface area contributed by atoms with E-state index < -0.39 is 6.03 Å². The number of nitrogens with zero attached hydrogens (tertiary/aromatic N) is 4. The lowest BCUT2D eigenvalue weighted by molar-refractivity contribution is -0.120. The summed E-state index contributed by atoms with van der Waals surface area (Å²) in [7, 11) is 1.69. The molecule has 1 aromatic heterocycles. The fraction of sp³-hybridized carbons (Fsp3) is 0.278. The van der Waals surface area contributed by atoms with Crippen molar-refractivity contribution in [3.8, 4) is 0 Å². The van der Waals surface area contributed by atoms with E-state index in [0.717, 1.165) is 5.69 Å². The summed E-state index contributed by atoms with van der Waals surface area (Å²) >= 11 is 0. The van der Waals surface area contributed by atoms with Crippen molar-refractivity contribution in [3.63, 3.8) is 0 Å². The molecule has 3 rings (SSSR count). The summed E-state index contributed by atoms with van der Waals surface area (Å²) in [5.74, 6) is -0.555. The molecule has 1 aromatic carbocycles. The molecule has 0 aliphatic carbocycles. The van der Waals surface area contributed by atoms with Gasteiger partial charge in [0.05, 0.1) is 23.0 Å². The van der Waals surface area contributed by atoms with Gasteiger partial charge in [0.25, 0.3) is 5.91 Å². The van der Waals surface area contributed by atoms with Crippen LogP contribution in [0.2, 0.25) is 0 Å². The van der Waals surface area contributed by atoms with Gasteiger partial charge in [-0.25, -0.2) is 14.8 Å². The number of urea groups is 1. The van der Waals surface area contributed by atoms with Gasteiger partial charge in [-0.1, -0.05) is 12.1 Å². The van der Waals surface area contributed by atoms with Gasteiger partial charge in [0.15, 0.2) is 0 Å². The van der Waals surface area contributed by atoms with Crippen LogP contribution < -0.4 is 10.2 Å². The highest BCUT2D eigenvalue weighted by molar-refractivity contribution is 6.09. The topological polar surface area (TPSA) is 95.5 Å². The molecular formula is C18H19N5O3. The second-order valence-corrected chi connectivity index (χ2v) is 6.00. The van der Waals surface area contributed by atoms with E-state index in [9.17, 15) is 14.4 Å². The van der Waals surface area contributed by atoms with Crippen molar-refractivity contribution in [2.75, 3.05) is 18.5 Å². The smallest absolute Gasteiger partial charge is 0.328 e. The molecule has 1 saturated heterocycles. The van der Waals surface area contributed by atoms with E-state index in [4.69, 9.17) is 0 Å². The molecule has 2 aromatic rings. The van der Waals surface area contributed by atoms with Crippen LogP contribution in [-0.2, 0) is 4.79 Å². The zero-order chi connectivity index (χ0) is 18.7. The maximum atomic E-state index is 13.1. The number of rotatable bonds is 4. The van der Waals surface area contributed by atoms with Crippen LogP contribution in [0, 0.1) is 0 Å². The van der Waals surface area contributed by atoms with Crippen molar-refractivity contribution >= 4 is 23.5 Å². The van der Waals surface area contributed by atoms with E-state index in [1.165, 1.54) is 11.2 Å². The third kappa shape index (κ3) is 3.39. The van der Waals surface area contributed by atoms with Crippen LogP contribution in [-0.4, -0.2) is 46.3 Å². The second-order valence-electron chi connectivity index (χ2n) is 6.00. The van der Waals surface area contributed by atoms with Gasteiger partial charge in [0.1, 0.15) is 6.33 Å². The fourth-order valence-electron chi connectivity index (χ4n) is 2.80. The number of amides is 4. The van der Waals surface area contributed by atoms with Crippen LogP contribution in [0.5, 0.6) is 0 Å². The van der Waals surface area contributed by atoms with E-state index in [0.29, 0.717) is 11.3 Å². The lowest BCUT2D eigenvalue weighted by Gasteiger charge is -2.30. The number of carbonyl (C=O) groups excluding carboxylic acids is 3. The summed E-state index contributed by atoms with van der Waals surface area (Å²) in [5, 5.41) is 2.28. The SMILES string of the molecule is C[C@H](c1ccncn1)N(C)C(=O)c1ccccc1N1CCC(=O)NC1=O. The van der Waals surface area contributed by atoms with Gasteiger partial charge in [-0.3, -0.25) is 19.8 Å². The molecule has 1 aliphatic heterocycles. The normalized spacial score (nSPS) is 15.4. The maximum Gasteiger partial charge on any atom is 0.328 e. The third-order valence-electron chi connectivity index (χ3n) is 4.41. The van der Waals surface area contributed by atoms with Crippen LogP contribution in [0.3, 0.4) is 0 Å². The van der Waals surface area contributed by atoms with E-state index in [2.05, 4.69) is 15.3 Å². The van der Waals surface area contributed by atoms with Crippen LogP contribution in [0.1, 0.15) is 35.4 Å². The number of anilines is 1. The molecule has 1 N–H and O–H groups in total. The molecule has 0 unspecified atom stereocenters. The number of hydrogen-bond acceptors (Lipinski definition) is 5. The summed E-state index contributed by atoms with van der Waals surface area (Å²) in [6, 6.07) is 7.83. The number of para-hydroxylation sites is 1. The van der Waals surface area contributed by atoms with E-state index in [1.54, 1.807) is 48.5 Å². The minimum atomic E-state index is -0.520. The predicted octanol–water partition coefficient (Wildman–Crippen LogP) is 1.76. The van der Waals surface area contributed by atoms with Gasteiger partial charge >= 0.3 is 6.03 Å². The molecule has 2 heterocycles. The Balaban J connectivity index is 1.88. The third-order valence-corrected chi connectivity index (χ3v) is 4.41. The van der Waals surface area contributed by atoms with Gasteiger partial charge in [-0.05, 0) is 25.1 Å². The molecule has 0 bridgehead atoms. The van der Waals surface area contributed by atoms with Crippen molar-refractivity contribution < 1.29 is 14.4 Å². The van der Waals surface area contributed by atoms with Crippen LogP contribution in [0.15, 0.2) is 42.9 Å².